The van der Waals surface area contributed by atoms with Crippen molar-refractivity contribution in [3.63, 3.8) is 0 Å². The Hall–Kier alpha value is -0.900. The summed E-state index contributed by atoms with van der Waals surface area (Å²) in [6.45, 7) is -0.251. The van der Waals surface area contributed by atoms with E-state index in [9.17, 15) is 9.59 Å². The van der Waals surface area contributed by atoms with E-state index in [4.69, 9.17) is 9.84 Å². The lowest BCUT2D eigenvalue weighted by Crippen LogP contribution is -2.24. The maximum Gasteiger partial charge on any atom is 0.329 e. The Balaban J connectivity index is 2.17. The third-order valence-electron chi connectivity index (χ3n) is 1.93. The van der Waals surface area contributed by atoms with Crippen molar-refractivity contribution in [1.82, 2.24) is 0 Å². The van der Waals surface area contributed by atoms with Gasteiger partial charge in [-0.3, -0.25) is 4.79 Å². The number of hydrogen-bond acceptors (Lipinski definition) is 3. The Kier molecular flexibility index (Phi) is 3.22. The molecule has 0 spiro atoms. The van der Waals surface area contributed by atoms with Crippen molar-refractivity contribution >= 4 is 11.8 Å². The van der Waals surface area contributed by atoms with E-state index < -0.39 is 5.97 Å². The normalized spacial score (nSPS) is 19.5. The molecule has 12 heavy (non-hydrogen) atoms. The number of carbonyl (C=O) groups is 2. The molecule has 0 aromatic rings. The molecule has 0 aromatic carbocycles. The van der Waals surface area contributed by atoms with Crippen molar-refractivity contribution in [2.45, 2.75) is 31.8 Å². The smallest absolute Gasteiger partial charge is 0.329 e. The van der Waals surface area contributed by atoms with Crippen molar-refractivity contribution in [3.8, 4) is 0 Å². The van der Waals surface area contributed by atoms with Crippen LogP contribution >= 0.6 is 0 Å². The van der Waals surface area contributed by atoms with E-state index in [2.05, 4.69) is 0 Å². The second kappa shape index (κ2) is 4.21. The second-order valence-corrected chi connectivity index (χ2v) is 2.94. The number of carbonyl (C=O) groups excluding carboxylic acids is 1. The van der Waals surface area contributed by atoms with E-state index in [1.54, 1.807) is 0 Å². The number of carboxylic acids is 1. The molecule has 1 aliphatic carbocycles. The molecule has 0 bridgehead atoms. The molecule has 1 saturated carbocycles. The van der Waals surface area contributed by atoms with Crippen LogP contribution < -0.4 is 0 Å². The third kappa shape index (κ3) is 3.00. The molecule has 0 aliphatic heterocycles. The molecule has 0 unspecified atom stereocenters. The fraction of sp³-hybridized carbons (Fsp3) is 0.750. The van der Waals surface area contributed by atoms with Gasteiger partial charge in [0.25, 0.3) is 0 Å². The van der Waals surface area contributed by atoms with Crippen LogP contribution in [0.15, 0.2) is 0 Å². The molecular weight excluding hydrogens is 160 g/mol. The van der Waals surface area contributed by atoms with Crippen LogP contribution in [0.1, 0.15) is 25.7 Å². The fourth-order valence-electron chi connectivity index (χ4n) is 1.27. The van der Waals surface area contributed by atoms with E-state index >= 15 is 0 Å². The molecule has 1 rings (SSSR count). The largest absolute Gasteiger partial charge is 0.480 e. The van der Waals surface area contributed by atoms with Crippen LogP contribution in [0.2, 0.25) is 0 Å². The monoisotopic (exact) mass is 172 g/mol. The average molecular weight is 172 g/mol. The first-order chi connectivity index (χ1) is 5.68. The summed E-state index contributed by atoms with van der Waals surface area (Å²) in [5.74, 6) is -0.697. The molecule has 1 N–H and O–H groups in total. The van der Waals surface area contributed by atoms with Crippen molar-refractivity contribution in [3.05, 3.63) is 0 Å². The first-order valence-electron chi connectivity index (χ1n) is 4.03. The molecule has 0 radical (unpaired) electrons. The minimum atomic E-state index is -0.952. The van der Waals surface area contributed by atoms with Crippen LogP contribution in [-0.4, -0.2) is 29.6 Å². The van der Waals surface area contributed by atoms with Crippen molar-refractivity contribution in [2.75, 3.05) is 6.61 Å². The summed E-state index contributed by atoms with van der Waals surface area (Å²) in [4.78, 5) is 20.9. The number of hydrogen-bond donors (Lipinski definition) is 1. The second-order valence-electron chi connectivity index (χ2n) is 2.94. The van der Waals surface area contributed by atoms with Crippen LogP contribution in [-0.2, 0) is 14.3 Å². The van der Waals surface area contributed by atoms with Gasteiger partial charge in [-0.25, -0.2) is 4.79 Å². The number of ketones is 1. The number of Topliss-reactive ketones (excluding diaryl/α,β-unsaturated/α-hetero) is 1. The summed E-state index contributed by atoms with van der Waals surface area (Å²) in [5, 5.41) is 8.30. The van der Waals surface area contributed by atoms with E-state index in [0.717, 1.165) is 0 Å². The van der Waals surface area contributed by atoms with Gasteiger partial charge < -0.3 is 9.84 Å². The lowest BCUT2D eigenvalue weighted by molar-refractivity contribution is -0.145. The molecule has 0 amide bonds. The van der Waals surface area contributed by atoms with Gasteiger partial charge >= 0.3 is 5.97 Å². The topological polar surface area (TPSA) is 63.6 Å². The first-order valence-corrected chi connectivity index (χ1v) is 4.03. The van der Waals surface area contributed by atoms with Crippen LogP contribution in [0.5, 0.6) is 0 Å². The summed E-state index contributed by atoms with van der Waals surface area (Å²) >= 11 is 0. The minimum absolute atomic E-state index is 0.0289. The van der Waals surface area contributed by atoms with Gasteiger partial charge in [0.15, 0.2) is 0 Å². The Morgan fingerprint density at radius 1 is 1.50 bits per heavy atom. The van der Waals surface area contributed by atoms with E-state index in [-0.39, 0.29) is 18.5 Å². The van der Waals surface area contributed by atoms with Gasteiger partial charge in [-0.2, -0.15) is 0 Å². The summed E-state index contributed by atoms with van der Waals surface area (Å²) in [7, 11) is 0. The van der Waals surface area contributed by atoms with Crippen LogP contribution in [0.3, 0.4) is 0 Å². The molecule has 4 heteroatoms. The highest BCUT2D eigenvalue weighted by Crippen LogP contribution is 2.17. The highest BCUT2D eigenvalue weighted by Gasteiger charge is 2.19. The quantitative estimate of drug-likeness (QED) is 0.677. The standard InChI is InChI=1S/C8H12O4/c9-6-1-3-7(4-2-6)12-5-8(10)11/h7H,1-5H2,(H,10,11). The lowest BCUT2D eigenvalue weighted by Gasteiger charge is -2.20. The summed E-state index contributed by atoms with van der Waals surface area (Å²) in [6.07, 6.45) is 2.38. The van der Waals surface area contributed by atoms with E-state index in [0.29, 0.717) is 25.7 Å². The van der Waals surface area contributed by atoms with Gasteiger partial charge in [0, 0.05) is 12.8 Å². The Bertz CT molecular complexity index is 177. The average Bonchev–Trinajstić information content (AvgIpc) is 2.03. The number of ether oxygens (including phenoxy) is 1. The van der Waals surface area contributed by atoms with Crippen LogP contribution in [0, 0.1) is 0 Å². The van der Waals surface area contributed by atoms with E-state index in [1.165, 1.54) is 0 Å². The van der Waals surface area contributed by atoms with Gasteiger partial charge in [-0.05, 0) is 12.8 Å². The third-order valence-corrected chi connectivity index (χ3v) is 1.93. The summed E-state index contributed by atoms with van der Waals surface area (Å²) in [5.41, 5.74) is 0. The number of carboxylic acid groups (broad SMARTS) is 1. The fourth-order valence-corrected chi connectivity index (χ4v) is 1.27. The van der Waals surface area contributed by atoms with Crippen LogP contribution in [0.4, 0.5) is 0 Å². The molecule has 4 nitrogen and oxygen atoms in total. The Morgan fingerprint density at radius 3 is 2.58 bits per heavy atom. The van der Waals surface area contributed by atoms with Gasteiger partial charge in [-0.15, -0.1) is 0 Å². The minimum Gasteiger partial charge on any atom is -0.480 e. The molecule has 68 valence electrons. The van der Waals surface area contributed by atoms with Gasteiger partial charge in [0.05, 0.1) is 6.10 Å². The van der Waals surface area contributed by atoms with Crippen molar-refractivity contribution in [2.24, 2.45) is 0 Å². The molecule has 0 atom stereocenters. The molecular formula is C8H12O4. The van der Waals surface area contributed by atoms with Crippen molar-refractivity contribution in [1.29, 1.82) is 0 Å². The van der Waals surface area contributed by atoms with Crippen molar-refractivity contribution < 1.29 is 19.4 Å². The molecule has 1 fully saturated rings. The van der Waals surface area contributed by atoms with E-state index in [1.807, 2.05) is 0 Å². The SMILES string of the molecule is O=C(O)COC1CCC(=O)CC1. The zero-order valence-electron chi connectivity index (χ0n) is 6.78. The maximum absolute atomic E-state index is 10.8. The molecule has 0 heterocycles. The molecule has 0 saturated heterocycles. The highest BCUT2D eigenvalue weighted by molar-refractivity contribution is 5.79. The highest BCUT2D eigenvalue weighted by atomic mass is 16.5. The number of rotatable bonds is 3. The maximum atomic E-state index is 10.8. The predicted octanol–water partition coefficient (Wildman–Crippen LogP) is 0.599. The first kappa shape index (κ1) is 9.19. The van der Waals surface area contributed by atoms with Gasteiger partial charge in [-0.1, -0.05) is 0 Å². The summed E-state index contributed by atoms with van der Waals surface area (Å²) < 4.78 is 5.04. The zero-order chi connectivity index (χ0) is 8.97. The Labute approximate surface area is 70.5 Å². The van der Waals surface area contributed by atoms with Gasteiger partial charge in [0.2, 0.25) is 0 Å². The Morgan fingerprint density at radius 2 is 2.08 bits per heavy atom. The zero-order valence-corrected chi connectivity index (χ0v) is 6.78. The number of aliphatic carboxylic acids is 1. The summed E-state index contributed by atoms with van der Waals surface area (Å²) in [6, 6.07) is 0. The molecule has 0 aromatic heterocycles. The van der Waals surface area contributed by atoms with Crippen LogP contribution in [0.25, 0.3) is 0 Å². The lowest BCUT2D eigenvalue weighted by atomic mass is 9.97. The molecule has 1 aliphatic rings. The van der Waals surface area contributed by atoms with Gasteiger partial charge in [0.1, 0.15) is 12.4 Å². The predicted molar refractivity (Wildman–Crippen MR) is 40.9 cm³/mol.